The van der Waals surface area contributed by atoms with Crippen LogP contribution in [0.15, 0.2) is 54.3 Å². The molecule has 0 N–H and O–H groups in total. The molecule has 1 aliphatic heterocycles. The number of halogens is 1. The molecule has 0 saturated carbocycles. The number of carbonyl (C=O) groups is 2. The Kier molecular flexibility index (Phi) is 6.47. The van der Waals surface area contributed by atoms with Gasteiger partial charge in [0.1, 0.15) is 11.5 Å². The van der Waals surface area contributed by atoms with Crippen molar-refractivity contribution in [2.24, 2.45) is 0 Å². The van der Waals surface area contributed by atoms with E-state index in [2.05, 4.69) is 0 Å². The predicted octanol–water partition coefficient (Wildman–Crippen LogP) is 5.51. The SMILES string of the molecule is COc1cc(C(=O)Oc2cc(C)c3c(c2)O/C(=C\c2ccccc2Cl)C3=O)cc(OC)c1OC. The zero-order chi connectivity index (χ0) is 24.4. The van der Waals surface area contributed by atoms with Crippen molar-refractivity contribution in [2.45, 2.75) is 6.92 Å². The van der Waals surface area contributed by atoms with Crippen molar-refractivity contribution in [2.75, 3.05) is 21.3 Å². The summed E-state index contributed by atoms with van der Waals surface area (Å²) >= 11 is 6.20. The van der Waals surface area contributed by atoms with E-state index in [1.54, 1.807) is 37.3 Å². The van der Waals surface area contributed by atoms with Crippen molar-refractivity contribution in [3.63, 3.8) is 0 Å². The van der Waals surface area contributed by atoms with Crippen molar-refractivity contribution in [1.82, 2.24) is 0 Å². The van der Waals surface area contributed by atoms with Gasteiger partial charge in [-0.3, -0.25) is 4.79 Å². The number of hydrogen-bond acceptors (Lipinski definition) is 7. The van der Waals surface area contributed by atoms with E-state index in [0.29, 0.717) is 44.7 Å². The number of esters is 1. The van der Waals surface area contributed by atoms with Crippen LogP contribution in [0.4, 0.5) is 0 Å². The van der Waals surface area contributed by atoms with Crippen molar-refractivity contribution in [3.05, 3.63) is 81.6 Å². The average Bonchev–Trinajstić information content (AvgIpc) is 3.14. The van der Waals surface area contributed by atoms with E-state index in [1.165, 1.54) is 39.5 Å². The third kappa shape index (κ3) is 4.30. The number of fused-ring (bicyclic) bond motifs is 1. The van der Waals surface area contributed by atoms with Crippen LogP contribution in [0.2, 0.25) is 5.02 Å². The van der Waals surface area contributed by atoms with Crippen molar-refractivity contribution < 1.29 is 33.3 Å². The fourth-order valence-electron chi connectivity index (χ4n) is 3.63. The largest absolute Gasteiger partial charge is 0.493 e. The Morgan fingerprint density at radius 3 is 2.26 bits per heavy atom. The van der Waals surface area contributed by atoms with Gasteiger partial charge in [0.2, 0.25) is 11.5 Å². The van der Waals surface area contributed by atoms with Crippen LogP contribution in [0.3, 0.4) is 0 Å². The van der Waals surface area contributed by atoms with Crippen LogP contribution < -0.4 is 23.7 Å². The van der Waals surface area contributed by atoms with Gasteiger partial charge in [0.15, 0.2) is 17.3 Å². The Hall–Kier alpha value is -3.97. The van der Waals surface area contributed by atoms with Gasteiger partial charge in [-0.15, -0.1) is 0 Å². The Labute approximate surface area is 201 Å². The summed E-state index contributed by atoms with van der Waals surface area (Å²) < 4.78 is 27.2. The lowest BCUT2D eigenvalue weighted by molar-refractivity contribution is 0.0733. The summed E-state index contributed by atoms with van der Waals surface area (Å²) in [6.45, 7) is 1.75. The maximum Gasteiger partial charge on any atom is 0.343 e. The summed E-state index contributed by atoms with van der Waals surface area (Å²) in [6, 6.07) is 13.2. The minimum absolute atomic E-state index is 0.138. The first-order valence-corrected chi connectivity index (χ1v) is 10.6. The van der Waals surface area contributed by atoms with Crippen molar-refractivity contribution >= 4 is 29.4 Å². The maximum atomic E-state index is 12.9. The molecule has 8 heteroatoms. The summed E-state index contributed by atoms with van der Waals surface area (Å²) in [5, 5.41) is 0.499. The molecule has 0 atom stereocenters. The highest BCUT2D eigenvalue weighted by molar-refractivity contribution is 6.32. The molecule has 0 saturated heterocycles. The van der Waals surface area contributed by atoms with Crippen LogP contribution in [0.25, 0.3) is 6.08 Å². The standard InChI is InChI=1S/C26H21ClO7/c1-14-9-17(33-26(29)16-11-21(30-2)25(32-4)22(12-16)31-3)13-19-23(14)24(28)20(34-19)10-15-7-5-6-8-18(15)27/h5-13H,1-4H3/b20-10-. The van der Waals surface area contributed by atoms with Gasteiger partial charge in [0.25, 0.3) is 0 Å². The molecular weight excluding hydrogens is 460 g/mol. The maximum absolute atomic E-state index is 12.9. The lowest BCUT2D eigenvalue weighted by Gasteiger charge is -2.14. The van der Waals surface area contributed by atoms with Crippen molar-refractivity contribution in [1.29, 1.82) is 0 Å². The highest BCUT2D eigenvalue weighted by Crippen LogP contribution is 2.40. The number of ether oxygens (including phenoxy) is 5. The van der Waals surface area contributed by atoms with Crippen LogP contribution in [0, 0.1) is 6.92 Å². The Morgan fingerprint density at radius 2 is 1.65 bits per heavy atom. The minimum atomic E-state index is -0.644. The van der Waals surface area contributed by atoms with E-state index in [4.69, 9.17) is 35.3 Å². The van der Waals surface area contributed by atoms with Gasteiger partial charge in [-0.05, 0) is 48.4 Å². The zero-order valence-electron chi connectivity index (χ0n) is 18.9. The molecule has 0 spiro atoms. The van der Waals surface area contributed by atoms with Gasteiger partial charge in [-0.25, -0.2) is 4.79 Å². The summed E-state index contributed by atoms with van der Waals surface area (Å²) in [5.74, 6) is 0.755. The molecular formula is C26H21ClO7. The molecule has 174 valence electrons. The summed E-state index contributed by atoms with van der Waals surface area (Å²) in [5.41, 5.74) is 1.87. The molecule has 3 aromatic rings. The Balaban J connectivity index is 1.62. The van der Waals surface area contributed by atoms with Gasteiger partial charge in [-0.1, -0.05) is 29.8 Å². The van der Waals surface area contributed by atoms with Crippen molar-refractivity contribution in [3.8, 4) is 28.7 Å². The number of ketones is 1. The molecule has 0 fully saturated rings. The molecule has 0 bridgehead atoms. The topological polar surface area (TPSA) is 80.3 Å². The highest BCUT2D eigenvalue weighted by atomic mass is 35.5. The fraction of sp³-hybridized carbons (Fsp3) is 0.154. The lowest BCUT2D eigenvalue weighted by atomic mass is 10.0. The van der Waals surface area contributed by atoms with Crippen LogP contribution in [-0.4, -0.2) is 33.1 Å². The van der Waals surface area contributed by atoms with Gasteiger partial charge in [0.05, 0.1) is 32.5 Å². The molecule has 3 aromatic carbocycles. The molecule has 7 nitrogen and oxygen atoms in total. The number of allylic oxidation sites excluding steroid dienone is 1. The van der Waals surface area contributed by atoms with E-state index in [0.717, 1.165) is 0 Å². The molecule has 34 heavy (non-hydrogen) atoms. The van der Waals surface area contributed by atoms with Gasteiger partial charge >= 0.3 is 5.97 Å². The van der Waals surface area contributed by atoms with Gasteiger partial charge < -0.3 is 23.7 Å². The second-order valence-electron chi connectivity index (χ2n) is 7.38. The second kappa shape index (κ2) is 9.49. The van der Waals surface area contributed by atoms with Crippen LogP contribution >= 0.6 is 11.6 Å². The van der Waals surface area contributed by atoms with Crippen LogP contribution in [0.5, 0.6) is 28.7 Å². The summed E-state index contributed by atoms with van der Waals surface area (Å²) in [7, 11) is 4.39. The quantitative estimate of drug-likeness (QED) is 0.261. The number of rotatable bonds is 6. The fourth-order valence-corrected chi connectivity index (χ4v) is 3.82. The Bertz CT molecular complexity index is 1300. The van der Waals surface area contributed by atoms with E-state index in [1.807, 2.05) is 6.07 Å². The molecule has 4 rings (SSSR count). The number of aryl methyl sites for hydroxylation is 1. The van der Waals surface area contributed by atoms with Gasteiger partial charge in [-0.2, -0.15) is 0 Å². The molecule has 0 radical (unpaired) electrons. The van der Waals surface area contributed by atoms with Gasteiger partial charge in [0, 0.05) is 11.1 Å². The van der Waals surface area contributed by atoms with Crippen LogP contribution in [0.1, 0.15) is 31.8 Å². The molecule has 0 unspecified atom stereocenters. The summed E-state index contributed by atoms with van der Waals surface area (Å²) in [6.07, 6.45) is 1.59. The first-order valence-electron chi connectivity index (χ1n) is 10.2. The zero-order valence-corrected chi connectivity index (χ0v) is 19.7. The number of benzene rings is 3. The van der Waals surface area contributed by atoms with E-state index >= 15 is 0 Å². The smallest absolute Gasteiger partial charge is 0.343 e. The molecule has 1 heterocycles. The minimum Gasteiger partial charge on any atom is -0.493 e. The van der Waals surface area contributed by atoms with E-state index < -0.39 is 5.97 Å². The normalized spacial score (nSPS) is 13.3. The number of carbonyl (C=O) groups excluding carboxylic acids is 2. The molecule has 0 aromatic heterocycles. The number of Topliss-reactive ketones (excluding diaryl/α,β-unsaturated/α-hetero) is 1. The third-order valence-corrected chi connectivity index (χ3v) is 5.59. The molecule has 0 amide bonds. The first-order chi connectivity index (χ1) is 16.4. The summed E-state index contributed by atoms with van der Waals surface area (Å²) in [4.78, 5) is 25.8. The monoisotopic (exact) mass is 480 g/mol. The van der Waals surface area contributed by atoms with Crippen LogP contribution in [-0.2, 0) is 0 Å². The number of hydrogen-bond donors (Lipinski definition) is 0. The first kappa shape index (κ1) is 23.2. The number of methoxy groups -OCH3 is 3. The highest BCUT2D eigenvalue weighted by Gasteiger charge is 2.30. The predicted molar refractivity (Wildman–Crippen MR) is 127 cm³/mol. The van der Waals surface area contributed by atoms with E-state index in [9.17, 15) is 9.59 Å². The molecule has 1 aliphatic rings. The Morgan fingerprint density at radius 1 is 0.971 bits per heavy atom. The lowest BCUT2D eigenvalue weighted by Crippen LogP contribution is -2.10. The van der Waals surface area contributed by atoms with E-state index in [-0.39, 0.29) is 22.9 Å². The average molecular weight is 481 g/mol. The molecule has 0 aliphatic carbocycles. The third-order valence-electron chi connectivity index (χ3n) is 5.25. The second-order valence-corrected chi connectivity index (χ2v) is 7.79.